The van der Waals surface area contributed by atoms with Crippen LogP contribution in [0.5, 0.6) is 0 Å². The highest BCUT2D eigenvalue weighted by molar-refractivity contribution is 6.31. The van der Waals surface area contributed by atoms with E-state index in [1.54, 1.807) is 25.4 Å². The molecule has 15 heavy (non-hydrogen) atoms. The highest BCUT2D eigenvalue weighted by Crippen LogP contribution is 2.24. The summed E-state index contributed by atoms with van der Waals surface area (Å²) in [5, 5.41) is 2.97. The fourth-order valence-electron chi connectivity index (χ4n) is 1.26. The average molecular weight is 226 g/mol. The van der Waals surface area contributed by atoms with Gasteiger partial charge in [-0.1, -0.05) is 11.6 Å². The average Bonchev–Trinajstić information content (AvgIpc) is 2.70. The van der Waals surface area contributed by atoms with Crippen molar-refractivity contribution in [2.24, 2.45) is 0 Å². The highest BCUT2D eigenvalue weighted by atomic mass is 35.5. The molecule has 2 aromatic rings. The van der Waals surface area contributed by atoms with Crippen LogP contribution in [0.25, 0.3) is 11.3 Å². The number of hydrogen-bond donors (Lipinski definition) is 2. The standard InChI is InChI=1S/C10H9ClFN3/c1-13-10-14-5-9(15-10)6-2-3-8(12)7(11)4-6/h2-5H,1H3,(H2,13,14,15). The summed E-state index contributed by atoms with van der Waals surface area (Å²) in [6.07, 6.45) is 1.66. The topological polar surface area (TPSA) is 40.7 Å². The summed E-state index contributed by atoms with van der Waals surface area (Å²) in [4.78, 5) is 7.08. The molecule has 2 rings (SSSR count). The van der Waals surface area contributed by atoms with E-state index in [0.717, 1.165) is 11.3 Å². The molecule has 0 spiro atoms. The second-order valence-corrected chi connectivity index (χ2v) is 3.43. The number of aromatic amines is 1. The van der Waals surface area contributed by atoms with Gasteiger partial charge >= 0.3 is 0 Å². The zero-order valence-electron chi connectivity index (χ0n) is 8.01. The van der Waals surface area contributed by atoms with Gasteiger partial charge in [-0.2, -0.15) is 0 Å². The van der Waals surface area contributed by atoms with Crippen LogP contribution in [-0.2, 0) is 0 Å². The quantitative estimate of drug-likeness (QED) is 0.825. The molecule has 2 N–H and O–H groups in total. The van der Waals surface area contributed by atoms with Crippen molar-refractivity contribution in [2.45, 2.75) is 0 Å². The van der Waals surface area contributed by atoms with E-state index in [1.807, 2.05) is 0 Å². The van der Waals surface area contributed by atoms with Gasteiger partial charge in [0.25, 0.3) is 0 Å². The van der Waals surface area contributed by atoms with Crippen LogP contribution in [0.1, 0.15) is 0 Å². The van der Waals surface area contributed by atoms with Crippen LogP contribution < -0.4 is 5.32 Å². The maximum atomic E-state index is 12.9. The molecule has 0 amide bonds. The van der Waals surface area contributed by atoms with E-state index in [2.05, 4.69) is 15.3 Å². The molecule has 0 saturated heterocycles. The van der Waals surface area contributed by atoms with Crippen molar-refractivity contribution in [3.63, 3.8) is 0 Å². The van der Waals surface area contributed by atoms with Gasteiger partial charge in [0, 0.05) is 12.6 Å². The van der Waals surface area contributed by atoms with Crippen molar-refractivity contribution < 1.29 is 4.39 Å². The first kappa shape index (κ1) is 9.98. The molecule has 0 bridgehead atoms. The third-order valence-electron chi connectivity index (χ3n) is 2.04. The first-order valence-electron chi connectivity index (χ1n) is 4.39. The smallest absolute Gasteiger partial charge is 0.200 e. The van der Waals surface area contributed by atoms with Crippen LogP contribution in [0.3, 0.4) is 0 Å². The lowest BCUT2D eigenvalue weighted by Gasteiger charge is -1.99. The summed E-state index contributed by atoms with van der Waals surface area (Å²) in [7, 11) is 1.76. The van der Waals surface area contributed by atoms with E-state index >= 15 is 0 Å². The third-order valence-corrected chi connectivity index (χ3v) is 2.33. The Labute approximate surface area is 91.3 Å². The number of H-pyrrole nitrogens is 1. The number of nitrogens with one attached hydrogen (secondary N) is 2. The largest absolute Gasteiger partial charge is 0.359 e. The van der Waals surface area contributed by atoms with Gasteiger partial charge in [-0.25, -0.2) is 9.37 Å². The Balaban J connectivity index is 2.40. The van der Waals surface area contributed by atoms with E-state index in [-0.39, 0.29) is 5.02 Å². The Bertz CT molecular complexity index is 481. The minimum Gasteiger partial charge on any atom is -0.359 e. The van der Waals surface area contributed by atoms with Crippen molar-refractivity contribution in [3.05, 3.63) is 35.2 Å². The normalized spacial score (nSPS) is 10.3. The fourth-order valence-corrected chi connectivity index (χ4v) is 1.44. The Hall–Kier alpha value is -1.55. The van der Waals surface area contributed by atoms with E-state index in [1.165, 1.54) is 6.07 Å². The van der Waals surface area contributed by atoms with E-state index in [4.69, 9.17) is 11.6 Å². The predicted molar refractivity (Wildman–Crippen MR) is 58.5 cm³/mol. The highest BCUT2D eigenvalue weighted by Gasteiger charge is 2.05. The number of halogens is 2. The number of aromatic nitrogens is 2. The van der Waals surface area contributed by atoms with Gasteiger partial charge in [0.1, 0.15) is 5.82 Å². The minimum absolute atomic E-state index is 0.105. The summed E-state index contributed by atoms with van der Waals surface area (Å²) >= 11 is 5.68. The Kier molecular flexibility index (Phi) is 2.60. The number of anilines is 1. The van der Waals surface area contributed by atoms with E-state index in [0.29, 0.717) is 5.95 Å². The second kappa shape index (κ2) is 3.90. The molecule has 0 saturated carbocycles. The lowest BCUT2D eigenvalue weighted by Crippen LogP contribution is -1.89. The van der Waals surface area contributed by atoms with Crippen molar-refractivity contribution in [1.29, 1.82) is 0 Å². The second-order valence-electron chi connectivity index (χ2n) is 3.02. The molecular weight excluding hydrogens is 217 g/mol. The molecule has 78 valence electrons. The Morgan fingerprint density at radius 1 is 1.47 bits per heavy atom. The maximum Gasteiger partial charge on any atom is 0.200 e. The van der Waals surface area contributed by atoms with Crippen LogP contribution in [0.4, 0.5) is 10.3 Å². The van der Waals surface area contributed by atoms with Crippen LogP contribution >= 0.6 is 11.6 Å². The minimum atomic E-state index is -0.422. The molecule has 5 heteroatoms. The summed E-state index contributed by atoms with van der Waals surface area (Å²) in [6.45, 7) is 0. The first-order chi connectivity index (χ1) is 7.20. The van der Waals surface area contributed by atoms with Gasteiger partial charge in [-0.05, 0) is 18.2 Å². The number of rotatable bonds is 2. The summed E-state index contributed by atoms with van der Waals surface area (Å²) < 4.78 is 12.9. The summed E-state index contributed by atoms with van der Waals surface area (Å²) in [6, 6.07) is 4.54. The SMILES string of the molecule is CNc1ncc(-c2ccc(F)c(Cl)c2)[nH]1. The van der Waals surface area contributed by atoms with Crippen molar-refractivity contribution in [2.75, 3.05) is 12.4 Å². The monoisotopic (exact) mass is 225 g/mol. The summed E-state index contributed by atoms with van der Waals surface area (Å²) in [5.41, 5.74) is 1.59. The molecule has 0 fully saturated rings. The first-order valence-corrected chi connectivity index (χ1v) is 4.76. The summed E-state index contributed by atoms with van der Waals surface area (Å²) in [5.74, 6) is 0.235. The Morgan fingerprint density at radius 3 is 2.87 bits per heavy atom. The van der Waals surface area contributed by atoms with Gasteiger partial charge in [-0.3, -0.25) is 0 Å². The number of benzene rings is 1. The van der Waals surface area contributed by atoms with Gasteiger partial charge in [0.05, 0.1) is 16.9 Å². The number of nitrogens with zero attached hydrogens (tertiary/aromatic N) is 1. The zero-order valence-corrected chi connectivity index (χ0v) is 8.77. The van der Waals surface area contributed by atoms with Gasteiger partial charge < -0.3 is 10.3 Å². The zero-order chi connectivity index (χ0) is 10.8. The van der Waals surface area contributed by atoms with Crippen molar-refractivity contribution in [3.8, 4) is 11.3 Å². The van der Waals surface area contributed by atoms with Crippen LogP contribution in [0.15, 0.2) is 24.4 Å². The van der Waals surface area contributed by atoms with Crippen LogP contribution in [0.2, 0.25) is 5.02 Å². The van der Waals surface area contributed by atoms with Crippen LogP contribution in [0, 0.1) is 5.82 Å². The maximum absolute atomic E-state index is 12.9. The van der Waals surface area contributed by atoms with Gasteiger partial charge in [-0.15, -0.1) is 0 Å². The molecule has 1 aromatic heterocycles. The lowest BCUT2D eigenvalue weighted by molar-refractivity contribution is 0.628. The molecule has 0 unspecified atom stereocenters. The Morgan fingerprint density at radius 2 is 2.27 bits per heavy atom. The van der Waals surface area contributed by atoms with Gasteiger partial charge in [0.2, 0.25) is 0 Å². The molecule has 3 nitrogen and oxygen atoms in total. The van der Waals surface area contributed by atoms with Gasteiger partial charge in [0.15, 0.2) is 5.95 Å². The predicted octanol–water partition coefficient (Wildman–Crippen LogP) is 2.91. The van der Waals surface area contributed by atoms with Crippen LogP contribution in [-0.4, -0.2) is 17.0 Å². The molecular formula is C10H9ClFN3. The fraction of sp³-hybridized carbons (Fsp3) is 0.100. The lowest BCUT2D eigenvalue weighted by atomic mass is 10.2. The van der Waals surface area contributed by atoms with Crippen molar-refractivity contribution >= 4 is 17.5 Å². The molecule has 0 aliphatic rings. The third kappa shape index (κ3) is 1.94. The molecule has 1 heterocycles. The molecule has 0 aliphatic carbocycles. The molecule has 0 atom stereocenters. The number of imidazole rings is 1. The van der Waals surface area contributed by atoms with E-state index < -0.39 is 5.82 Å². The molecule has 0 aliphatic heterocycles. The van der Waals surface area contributed by atoms with E-state index in [9.17, 15) is 4.39 Å². The molecule has 1 aromatic carbocycles. The number of hydrogen-bond acceptors (Lipinski definition) is 2. The van der Waals surface area contributed by atoms with Crippen molar-refractivity contribution in [1.82, 2.24) is 9.97 Å². The molecule has 0 radical (unpaired) electrons.